The van der Waals surface area contributed by atoms with E-state index in [4.69, 9.17) is 30.6 Å². The maximum Gasteiger partial charge on any atom is 0.340 e. The number of anilines is 1. The molecule has 0 aromatic carbocycles. The number of rotatable bonds is 10. The molecule has 0 bridgehead atoms. The molecule has 2 fully saturated rings. The molecule has 1 aliphatic carbocycles. The van der Waals surface area contributed by atoms with Gasteiger partial charge < -0.3 is 28.8 Å². The summed E-state index contributed by atoms with van der Waals surface area (Å²) in [6.07, 6.45) is 5.40. The Kier molecular flexibility index (Phi) is 7.77. The number of aromatic nitrogens is 3. The van der Waals surface area contributed by atoms with Gasteiger partial charge in [0.25, 0.3) is 0 Å². The summed E-state index contributed by atoms with van der Waals surface area (Å²) in [5.74, 6) is 0.0785. The number of nitrogens with zero attached hydrogens (tertiary/aromatic N) is 4. The first-order valence-corrected chi connectivity index (χ1v) is 15.2. The van der Waals surface area contributed by atoms with Gasteiger partial charge in [0.1, 0.15) is 0 Å². The molecule has 11 nitrogen and oxygen atoms in total. The molecule has 0 radical (unpaired) electrons. The van der Waals surface area contributed by atoms with Crippen LogP contribution in [0.5, 0.6) is 0 Å². The average molecular weight is 537 g/mol. The normalized spacial score (nSPS) is 24.4. The van der Waals surface area contributed by atoms with Gasteiger partial charge in [-0.2, -0.15) is 5.10 Å². The molecule has 4 unspecified atom stereocenters. The summed E-state index contributed by atoms with van der Waals surface area (Å²) >= 11 is 6.39. The molecule has 5 atom stereocenters. The fourth-order valence-corrected chi connectivity index (χ4v) is 7.93. The minimum Gasteiger partial charge on any atom is -0.379 e. The van der Waals surface area contributed by atoms with Gasteiger partial charge in [0.05, 0.1) is 30.3 Å². The molecule has 34 heavy (non-hydrogen) atoms. The second-order valence-electron chi connectivity index (χ2n) is 9.36. The highest BCUT2D eigenvalue weighted by Crippen LogP contribution is 2.55. The smallest absolute Gasteiger partial charge is 0.340 e. The molecule has 3 heterocycles. The summed E-state index contributed by atoms with van der Waals surface area (Å²) in [6.45, 7) is 3.65. The van der Waals surface area contributed by atoms with E-state index in [0.29, 0.717) is 11.6 Å². The van der Waals surface area contributed by atoms with Crippen molar-refractivity contribution in [3.8, 4) is 0 Å². The van der Waals surface area contributed by atoms with E-state index < -0.39 is 27.2 Å². The minimum absolute atomic E-state index is 0.125. The van der Waals surface area contributed by atoms with E-state index in [2.05, 4.69) is 15.0 Å². The topological polar surface area (TPSA) is 147 Å². The molecule has 1 saturated heterocycles. The fourth-order valence-electron chi connectivity index (χ4n) is 5.16. The van der Waals surface area contributed by atoms with Crippen LogP contribution in [-0.4, -0.2) is 68.1 Å². The van der Waals surface area contributed by atoms with Crippen LogP contribution < -0.4 is 4.90 Å². The number of methoxy groups -OCH3 is 1. The van der Waals surface area contributed by atoms with Crippen LogP contribution in [0.15, 0.2) is 12.3 Å². The summed E-state index contributed by atoms with van der Waals surface area (Å²) in [6, 6.07) is 1.87. The lowest BCUT2D eigenvalue weighted by molar-refractivity contribution is 0.0440. The van der Waals surface area contributed by atoms with E-state index in [-0.39, 0.29) is 12.5 Å². The molecule has 1 aliphatic heterocycles. The molecular formula is C20H31ClN4O7P2. The average Bonchev–Trinajstić information content (AvgIpc) is 3.42. The maximum absolute atomic E-state index is 12.0. The summed E-state index contributed by atoms with van der Waals surface area (Å²) in [5, 5.41) is 4.84. The molecule has 1 saturated carbocycles. The van der Waals surface area contributed by atoms with Gasteiger partial charge >= 0.3 is 15.2 Å². The summed E-state index contributed by atoms with van der Waals surface area (Å²) in [4.78, 5) is 34.6. The van der Waals surface area contributed by atoms with Crippen molar-refractivity contribution >= 4 is 38.1 Å². The highest BCUT2D eigenvalue weighted by molar-refractivity contribution is 7.70. The van der Waals surface area contributed by atoms with E-state index in [1.807, 2.05) is 13.0 Å². The Bertz CT molecular complexity index is 1110. The Balaban J connectivity index is 1.48. The monoisotopic (exact) mass is 536 g/mol. The van der Waals surface area contributed by atoms with Crippen molar-refractivity contribution in [1.29, 1.82) is 0 Å². The molecule has 2 aromatic heterocycles. The molecule has 2 aromatic rings. The maximum atomic E-state index is 12.0. The van der Waals surface area contributed by atoms with Crippen LogP contribution in [0, 0.1) is 11.8 Å². The van der Waals surface area contributed by atoms with Gasteiger partial charge in [-0.15, -0.1) is 0 Å². The molecule has 3 N–H and O–H groups in total. The first-order valence-electron chi connectivity index (χ1n) is 11.3. The highest BCUT2D eigenvalue weighted by Gasteiger charge is 2.37. The van der Waals surface area contributed by atoms with Crippen LogP contribution in [0.4, 0.5) is 5.69 Å². The minimum atomic E-state index is -4.69. The SMILES string of the molecule is CO[C@H](COP(=O)(O)CP(=O)(O)O)CC(C)c1cnc2c(N3CC4CCCC4C3)cc(Cl)nn12. The first-order chi connectivity index (χ1) is 16.0. The Morgan fingerprint density at radius 3 is 2.53 bits per heavy atom. The quantitative estimate of drug-likeness (QED) is 0.386. The molecular weight excluding hydrogens is 506 g/mol. The number of fused-ring (bicyclic) bond motifs is 2. The third-order valence-electron chi connectivity index (χ3n) is 6.79. The van der Waals surface area contributed by atoms with Gasteiger partial charge in [0.15, 0.2) is 16.7 Å². The van der Waals surface area contributed by atoms with Crippen molar-refractivity contribution in [1.82, 2.24) is 14.6 Å². The summed E-state index contributed by atoms with van der Waals surface area (Å²) < 4.78 is 35.1. The standard InChI is InChI=1S/C20H31ClN4O7P2/c1-13(6-16(31-2)11-32-34(29,30)12-33(26,27)28)18-8-22-20-17(7-19(21)23-25(18)20)24-9-14-4-3-5-15(14)10-24/h7-8,13-16H,3-6,9-12H2,1-2H3,(H,29,30)(H2,26,27,28)/t13?,14?,15?,16-/m0/s1. The molecule has 14 heteroatoms. The summed E-state index contributed by atoms with van der Waals surface area (Å²) in [5.41, 5.74) is 2.51. The van der Waals surface area contributed by atoms with Crippen molar-refractivity contribution in [2.45, 2.75) is 44.6 Å². The van der Waals surface area contributed by atoms with Crippen molar-refractivity contribution in [2.75, 3.05) is 37.6 Å². The Hall–Kier alpha value is -1.03. The Labute approximate surface area is 203 Å². The molecule has 0 spiro atoms. The number of hydrogen-bond donors (Lipinski definition) is 3. The Morgan fingerprint density at radius 1 is 1.24 bits per heavy atom. The predicted molar refractivity (Wildman–Crippen MR) is 128 cm³/mol. The lowest BCUT2D eigenvalue weighted by atomic mass is 10.0. The van der Waals surface area contributed by atoms with Crippen LogP contribution >= 0.6 is 26.8 Å². The number of ether oxygens (including phenoxy) is 1. The molecule has 190 valence electrons. The number of imidazole rings is 1. The first kappa shape index (κ1) is 26.0. The molecule has 2 aliphatic rings. The van der Waals surface area contributed by atoms with Crippen LogP contribution in [0.1, 0.15) is 44.2 Å². The highest BCUT2D eigenvalue weighted by atomic mass is 35.5. The van der Waals surface area contributed by atoms with E-state index in [1.54, 1.807) is 10.7 Å². The van der Waals surface area contributed by atoms with Gasteiger partial charge in [0, 0.05) is 32.2 Å². The van der Waals surface area contributed by atoms with Crippen molar-refractivity contribution < 1.29 is 33.1 Å². The van der Waals surface area contributed by atoms with Crippen LogP contribution in [0.25, 0.3) is 5.65 Å². The van der Waals surface area contributed by atoms with Crippen molar-refractivity contribution in [3.05, 3.63) is 23.1 Å². The number of halogens is 1. The van der Waals surface area contributed by atoms with Crippen molar-refractivity contribution in [2.24, 2.45) is 11.8 Å². The second-order valence-corrected chi connectivity index (χ2v) is 13.7. The zero-order chi connectivity index (χ0) is 24.7. The molecule has 4 rings (SSSR count). The third kappa shape index (κ3) is 6.02. The predicted octanol–water partition coefficient (Wildman–Crippen LogP) is 3.46. The van der Waals surface area contributed by atoms with E-state index in [1.165, 1.54) is 26.4 Å². The van der Waals surface area contributed by atoms with E-state index >= 15 is 0 Å². The van der Waals surface area contributed by atoms with E-state index in [9.17, 15) is 14.0 Å². The molecule has 0 amide bonds. The largest absolute Gasteiger partial charge is 0.379 e. The second kappa shape index (κ2) is 10.1. The van der Waals surface area contributed by atoms with Crippen LogP contribution in [-0.2, 0) is 18.4 Å². The fraction of sp³-hybridized carbons (Fsp3) is 0.700. The number of hydrogen-bond acceptors (Lipinski definition) is 7. The van der Waals surface area contributed by atoms with Crippen LogP contribution in [0.3, 0.4) is 0 Å². The lowest BCUT2D eigenvalue weighted by Gasteiger charge is -2.22. The Morgan fingerprint density at radius 2 is 1.91 bits per heavy atom. The van der Waals surface area contributed by atoms with E-state index in [0.717, 1.165) is 42.0 Å². The van der Waals surface area contributed by atoms with Crippen LogP contribution in [0.2, 0.25) is 5.15 Å². The van der Waals surface area contributed by atoms with Gasteiger partial charge in [-0.1, -0.05) is 24.9 Å². The lowest BCUT2D eigenvalue weighted by Crippen LogP contribution is -2.22. The van der Waals surface area contributed by atoms with Crippen molar-refractivity contribution in [3.63, 3.8) is 0 Å². The van der Waals surface area contributed by atoms with Gasteiger partial charge in [-0.05, 0) is 31.1 Å². The van der Waals surface area contributed by atoms with Gasteiger partial charge in [-0.25, -0.2) is 9.50 Å². The zero-order valence-electron chi connectivity index (χ0n) is 19.2. The zero-order valence-corrected chi connectivity index (χ0v) is 21.7. The third-order valence-corrected chi connectivity index (χ3v) is 10.4. The van der Waals surface area contributed by atoms with Gasteiger partial charge in [0.2, 0.25) is 0 Å². The van der Waals surface area contributed by atoms with Gasteiger partial charge in [-0.3, -0.25) is 9.13 Å². The summed E-state index contributed by atoms with van der Waals surface area (Å²) in [7, 11) is -7.70.